The molecule has 0 aromatic carbocycles. The fourth-order valence-electron chi connectivity index (χ4n) is 0.897. The Morgan fingerprint density at radius 1 is 1.12 bits per heavy atom. The van der Waals surface area contributed by atoms with Crippen LogP contribution in [0.1, 0.15) is 6.42 Å². The Kier molecular flexibility index (Phi) is 1.83. The fraction of sp³-hybridized carbons (Fsp3) is 1.00. The second kappa shape index (κ2) is 2.44. The standard InChI is InChI=1S/C5H11NO2/c7-4-1-5(8)3-6-2-4/h4-8H,1-3H2/t4-,5-/m0/s1. The topological polar surface area (TPSA) is 52.5 Å². The van der Waals surface area contributed by atoms with E-state index >= 15 is 0 Å². The summed E-state index contributed by atoms with van der Waals surface area (Å²) in [6.07, 6.45) is -0.176. The number of rotatable bonds is 0. The van der Waals surface area contributed by atoms with Crippen molar-refractivity contribution in [1.82, 2.24) is 5.32 Å². The van der Waals surface area contributed by atoms with Crippen LogP contribution in [0.2, 0.25) is 0 Å². The van der Waals surface area contributed by atoms with E-state index in [1.54, 1.807) is 0 Å². The van der Waals surface area contributed by atoms with Crippen LogP contribution in [0.25, 0.3) is 0 Å². The van der Waals surface area contributed by atoms with Crippen LogP contribution in [0, 0.1) is 0 Å². The van der Waals surface area contributed by atoms with E-state index in [2.05, 4.69) is 5.32 Å². The molecule has 0 amide bonds. The third-order valence-electron chi connectivity index (χ3n) is 1.30. The lowest BCUT2D eigenvalue weighted by Gasteiger charge is -2.22. The molecule has 2 atom stereocenters. The number of hydrogen-bond donors (Lipinski definition) is 3. The first-order valence-corrected chi connectivity index (χ1v) is 2.86. The van der Waals surface area contributed by atoms with Crippen molar-refractivity contribution in [2.45, 2.75) is 18.6 Å². The lowest BCUT2D eigenvalue weighted by molar-refractivity contribution is 0.0529. The minimum Gasteiger partial charge on any atom is -0.392 e. The highest BCUT2D eigenvalue weighted by Crippen LogP contribution is 2.00. The minimum absolute atomic E-state index is 0.348. The number of β-amino-alcohol motifs (C(OH)–C–C–N with tert-alkyl or cyclic N) is 2. The molecular weight excluding hydrogens is 106 g/mol. The molecule has 0 unspecified atom stereocenters. The average Bonchev–Trinajstić information content (AvgIpc) is 1.64. The molecule has 1 fully saturated rings. The quantitative estimate of drug-likeness (QED) is 0.369. The molecule has 48 valence electrons. The van der Waals surface area contributed by atoms with Gasteiger partial charge in [-0.15, -0.1) is 0 Å². The van der Waals surface area contributed by atoms with Crippen molar-refractivity contribution in [1.29, 1.82) is 0 Å². The van der Waals surface area contributed by atoms with Gasteiger partial charge in [0.2, 0.25) is 0 Å². The minimum atomic E-state index is -0.348. The lowest BCUT2D eigenvalue weighted by atomic mass is 10.1. The number of hydrogen-bond acceptors (Lipinski definition) is 3. The van der Waals surface area contributed by atoms with Crippen LogP contribution in [0.3, 0.4) is 0 Å². The summed E-state index contributed by atoms with van der Waals surface area (Å²) in [7, 11) is 0. The van der Waals surface area contributed by atoms with Gasteiger partial charge in [0.15, 0.2) is 0 Å². The second-order valence-corrected chi connectivity index (χ2v) is 2.20. The van der Waals surface area contributed by atoms with E-state index in [1.165, 1.54) is 0 Å². The summed E-state index contributed by atoms with van der Waals surface area (Å²) in [5.74, 6) is 0. The maximum absolute atomic E-state index is 8.86. The lowest BCUT2D eigenvalue weighted by Crippen LogP contribution is -2.42. The monoisotopic (exact) mass is 117 g/mol. The number of aliphatic hydroxyl groups is 2. The van der Waals surface area contributed by atoms with Gasteiger partial charge in [0.25, 0.3) is 0 Å². The number of piperidine rings is 1. The van der Waals surface area contributed by atoms with E-state index in [-0.39, 0.29) is 12.2 Å². The van der Waals surface area contributed by atoms with Crippen LogP contribution >= 0.6 is 0 Å². The summed E-state index contributed by atoms with van der Waals surface area (Å²) in [6.45, 7) is 1.24. The third kappa shape index (κ3) is 1.43. The first-order valence-electron chi connectivity index (χ1n) is 2.86. The van der Waals surface area contributed by atoms with Crippen LogP contribution in [0.5, 0.6) is 0 Å². The summed E-state index contributed by atoms with van der Waals surface area (Å²) >= 11 is 0. The Bertz CT molecular complexity index is 68.8. The summed E-state index contributed by atoms with van der Waals surface area (Å²) in [5, 5.41) is 20.6. The van der Waals surface area contributed by atoms with Gasteiger partial charge in [0.05, 0.1) is 12.2 Å². The van der Waals surface area contributed by atoms with Gasteiger partial charge < -0.3 is 15.5 Å². The Morgan fingerprint density at radius 2 is 1.62 bits per heavy atom. The van der Waals surface area contributed by atoms with Gasteiger partial charge in [-0.2, -0.15) is 0 Å². The van der Waals surface area contributed by atoms with Gasteiger partial charge >= 0.3 is 0 Å². The molecule has 3 nitrogen and oxygen atoms in total. The van der Waals surface area contributed by atoms with Gasteiger partial charge in [0, 0.05) is 19.5 Å². The molecule has 0 aromatic rings. The van der Waals surface area contributed by atoms with E-state index in [0.717, 1.165) is 0 Å². The highest BCUT2D eigenvalue weighted by molar-refractivity contribution is 4.73. The molecule has 1 saturated heterocycles. The summed E-state index contributed by atoms with van der Waals surface area (Å²) < 4.78 is 0. The molecule has 1 aliphatic heterocycles. The first kappa shape index (κ1) is 6.01. The molecule has 0 spiro atoms. The van der Waals surface area contributed by atoms with Crippen molar-refractivity contribution in [2.75, 3.05) is 13.1 Å². The molecule has 0 bridgehead atoms. The zero-order chi connectivity index (χ0) is 5.98. The van der Waals surface area contributed by atoms with Crippen molar-refractivity contribution in [3.8, 4) is 0 Å². The largest absolute Gasteiger partial charge is 0.392 e. The summed E-state index contributed by atoms with van der Waals surface area (Å²) in [6, 6.07) is 0. The van der Waals surface area contributed by atoms with Gasteiger partial charge in [-0.1, -0.05) is 0 Å². The van der Waals surface area contributed by atoms with E-state index in [0.29, 0.717) is 19.5 Å². The molecule has 0 radical (unpaired) electrons. The molecule has 1 rings (SSSR count). The highest BCUT2D eigenvalue weighted by Gasteiger charge is 2.16. The zero-order valence-corrected chi connectivity index (χ0v) is 4.67. The molecule has 0 aromatic heterocycles. The van der Waals surface area contributed by atoms with Crippen LogP contribution in [-0.2, 0) is 0 Å². The van der Waals surface area contributed by atoms with Crippen LogP contribution < -0.4 is 5.32 Å². The van der Waals surface area contributed by atoms with Gasteiger partial charge in [-0.05, 0) is 0 Å². The van der Waals surface area contributed by atoms with Crippen molar-refractivity contribution in [3.05, 3.63) is 0 Å². The third-order valence-corrected chi connectivity index (χ3v) is 1.30. The van der Waals surface area contributed by atoms with E-state index < -0.39 is 0 Å². The molecule has 3 N–H and O–H groups in total. The van der Waals surface area contributed by atoms with Crippen molar-refractivity contribution < 1.29 is 10.2 Å². The predicted octanol–water partition coefficient (Wildman–Crippen LogP) is -1.30. The van der Waals surface area contributed by atoms with Crippen molar-refractivity contribution >= 4 is 0 Å². The molecule has 1 aliphatic rings. The Balaban J connectivity index is 2.23. The number of nitrogens with one attached hydrogen (secondary N) is 1. The van der Waals surface area contributed by atoms with Crippen molar-refractivity contribution in [2.24, 2.45) is 0 Å². The number of aliphatic hydroxyl groups excluding tert-OH is 2. The molecular formula is C5H11NO2. The summed E-state index contributed by atoms with van der Waals surface area (Å²) in [5.41, 5.74) is 0. The Hall–Kier alpha value is -0.120. The van der Waals surface area contributed by atoms with E-state index in [4.69, 9.17) is 10.2 Å². The van der Waals surface area contributed by atoms with Crippen LogP contribution in [0.4, 0.5) is 0 Å². The summed E-state index contributed by atoms with van der Waals surface area (Å²) in [4.78, 5) is 0. The maximum atomic E-state index is 8.86. The molecule has 0 aliphatic carbocycles. The predicted molar refractivity (Wildman–Crippen MR) is 29.5 cm³/mol. The van der Waals surface area contributed by atoms with Gasteiger partial charge in [-0.3, -0.25) is 0 Å². The first-order chi connectivity index (χ1) is 3.79. The van der Waals surface area contributed by atoms with Crippen LogP contribution in [0.15, 0.2) is 0 Å². The SMILES string of the molecule is O[C@@H]1CNC[C@@H](O)C1. The Labute approximate surface area is 48.3 Å². The van der Waals surface area contributed by atoms with E-state index in [1.807, 2.05) is 0 Å². The van der Waals surface area contributed by atoms with Crippen molar-refractivity contribution in [3.63, 3.8) is 0 Å². The molecule has 8 heavy (non-hydrogen) atoms. The second-order valence-electron chi connectivity index (χ2n) is 2.20. The van der Waals surface area contributed by atoms with Crippen LogP contribution in [-0.4, -0.2) is 35.5 Å². The normalized spacial score (nSPS) is 39.8. The maximum Gasteiger partial charge on any atom is 0.0689 e. The fourth-order valence-corrected chi connectivity index (χ4v) is 0.897. The Morgan fingerprint density at radius 3 is 1.88 bits per heavy atom. The zero-order valence-electron chi connectivity index (χ0n) is 4.67. The molecule has 0 saturated carbocycles. The van der Waals surface area contributed by atoms with Gasteiger partial charge in [0.1, 0.15) is 0 Å². The van der Waals surface area contributed by atoms with E-state index in [9.17, 15) is 0 Å². The van der Waals surface area contributed by atoms with Gasteiger partial charge in [-0.25, -0.2) is 0 Å². The molecule has 3 heteroatoms. The molecule has 1 heterocycles. The highest BCUT2D eigenvalue weighted by atomic mass is 16.3. The average molecular weight is 117 g/mol. The smallest absolute Gasteiger partial charge is 0.0689 e.